The standard InChI is InChI=1S/C18H31N7/c1-4-19-18(20-12-8-10-13-24(5-2)6-3)21-15-17-23-22-16-11-7-9-14-25(16)17/h7,9,11,14H,4-6,8,10,12-13,15H2,1-3H3,(H2,19,20,21). The number of hydrogen-bond acceptors (Lipinski definition) is 4. The highest BCUT2D eigenvalue weighted by atomic mass is 15.3. The highest BCUT2D eigenvalue weighted by Gasteiger charge is 2.04. The molecule has 2 aromatic rings. The molecule has 2 rings (SSSR count). The van der Waals surface area contributed by atoms with Crippen LogP contribution in [0.3, 0.4) is 0 Å². The van der Waals surface area contributed by atoms with E-state index in [0.717, 1.165) is 56.6 Å². The van der Waals surface area contributed by atoms with Crippen molar-refractivity contribution in [2.45, 2.75) is 40.2 Å². The lowest BCUT2D eigenvalue weighted by molar-refractivity contribution is 0.297. The number of unbranched alkanes of at least 4 members (excludes halogenated alkanes) is 1. The van der Waals surface area contributed by atoms with E-state index in [0.29, 0.717) is 6.54 Å². The fourth-order valence-corrected chi connectivity index (χ4v) is 2.70. The van der Waals surface area contributed by atoms with Crippen molar-refractivity contribution >= 4 is 11.6 Å². The maximum absolute atomic E-state index is 4.63. The highest BCUT2D eigenvalue weighted by Crippen LogP contribution is 2.03. The van der Waals surface area contributed by atoms with Crippen LogP contribution < -0.4 is 10.6 Å². The smallest absolute Gasteiger partial charge is 0.191 e. The first-order valence-electron chi connectivity index (χ1n) is 9.31. The van der Waals surface area contributed by atoms with Crippen molar-refractivity contribution in [3.63, 3.8) is 0 Å². The second kappa shape index (κ2) is 10.7. The van der Waals surface area contributed by atoms with Crippen molar-refractivity contribution < 1.29 is 0 Å². The van der Waals surface area contributed by atoms with Crippen molar-refractivity contribution in [1.29, 1.82) is 0 Å². The van der Waals surface area contributed by atoms with E-state index < -0.39 is 0 Å². The van der Waals surface area contributed by atoms with Crippen LogP contribution in [0.2, 0.25) is 0 Å². The summed E-state index contributed by atoms with van der Waals surface area (Å²) in [6.45, 7) is 12.2. The van der Waals surface area contributed by atoms with E-state index >= 15 is 0 Å². The van der Waals surface area contributed by atoms with E-state index in [1.807, 2.05) is 28.8 Å². The lowest BCUT2D eigenvalue weighted by Gasteiger charge is -2.17. The molecule has 0 saturated carbocycles. The molecule has 0 atom stereocenters. The first kappa shape index (κ1) is 19.2. The Bertz CT molecular complexity index is 646. The molecule has 2 N–H and O–H groups in total. The van der Waals surface area contributed by atoms with E-state index in [1.54, 1.807) is 0 Å². The van der Waals surface area contributed by atoms with Gasteiger partial charge in [0.15, 0.2) is 17.4 Å². The molecule has 2 heterocycles. The van der Waals surface area contributed by atoms with Crippen molar-refractivity contribution in [3.8, 4) is 0 Å². The third kappa shape index (κ3) is 6.01. The van der Waals surface area contributed by atoms with Gasteiger partial charge in [-0.05, 0) is 51.5 Å². The Morgan fingerprint density at radius 3 is 2.72 bits per heavy atom. The van der Waals surface area contributed by atoms with Crippen LogP contribution in [0.5, 0.6) is 0 Å². The summed E-state index contributed by atoms with van der Waals surface area (Å²) in [6, 6.07) is 5.88. The Labute approximate surface area is 150 Å². The summed E-state index contributed by atoms with van der Waals surface area (Å²) in [5.74, 6) is 1.67. The lowest BCUT2D eigenvalue weighted by atomic mass is 10.3. The van der Waals surface area contributed by atoms with E-state index in [1.165, 1.54) is 6.42 Å². The molecule has 0 amide bonds. The molecule has 0 saturated heterocycles. The van der Waals surface area contributed by atoms with Gasteiger partial charge in [-0.3, -0.25) is 4.40 Å². The van der Waals surface area contributed by atoms with Gasteiger partial charge in [-0.25, -0.2) is 4.99 Å². The number of hydrogen-bond donors (Lipinski definition) is 2. The zero-order valence-corrected chi connectivity index (χ0v) is 15.7. The number of nitrogens with one attached hydrogen (secondary N) is 2. The summed E-state index contributed by atoms with van der Waals surface area (Å²) in [6.07, 6.45) is 4.30. The van der Waals surface area contributed by atoms with Crippen LogP contribution in [0.25, 0.3) is 5.65 Å². The van der Waals surface area contributed by atoms with Crippen LogP contribution >= 0.6 is 0 Å². The topological polar surface area (TPSA) is 69.8 Å². The molecule has 0 aliphatic heterocycles. The van der Waals surface area contributed by atoms with Crippen LogP contribution in [0.1, 0.15) is 39.4 Å². The van der Waals surface area contributed by atoms with Gasteiger partial charge in [0.25, 0.3) is 0 Å². The minimum absolute atomic E-state index is 0.500. The van der Waals surface area contributed by atoms with E-state index in [-0.39, 0.29) is 0 Å². The summed E-state index contributed by atoms with van der Waals surface area (Å²) >= 11 is 0. The molecule has 0 unspecified atom stereocenters. The predicted octanol–water partition coefficient (Wildman–Crippen LogP) is 1.91. The molecule has 0 radical (unpaired) electrons. The van der Waals surface area contributed by atoms with Gasteiger partial charge in [-0.15, -0.1) is 10.2 Å². The largest absolute Gasteiger partial charge is 0.357 e. The van der Waals surface area contributed by atoms with Gasteiger partial charge in [0.05, 0.1) is 0 Å². The van der Waals surface area contributed by atoms with E-state index in [2.05, 4.69) is 51.5 Å². The normalized spacial score (nSPS) is 12.1. The quantitative estimate of drug-likeness (QED) is 0.391. The molecule has 0 aromatic carbocycles. The van der Waals surface area contributed by atoms with Gasteiger partial charge in [0, 0.05) is 19.3 Å². The second-order valence-corrected chi connectivity index (χ2v) is 5.90. The molecule has 0 aliphatic carbocycles. The predicted molar refractivity (Wildman–Crippen MR) is 103 cm³/mol. The zero-order valence-electron chi connectivity index (χ0n) is 15.7. The van der Waals surface area contributed by atoms with Crippen molar-refractivity contribution in [2.24, 2.45) is 4.99 Å². The molecular weight excluding hydrogens is 314 g/mol. The number of aromatic nitrogens is 3. The number of pyridine rings is 1. The minimum atomic E-state index is 0.500. The zero-order chi connectivity index (χ0) is 17.9. The number of aliphatic imine (C=N–C) groups is 1. The average Bonchev–Trinajstić information content (AvgIpc) is 3.06. The van der Waals surface area contributed by atoms with E-state index in [4.69, 9.17) is 0 Å². The molecule has 2 aromatic heterocycles. The summed E-state index contributed by atoms with van der Waals surface area (Å²) in [5.41, 5.74) is 0.849. The van der Waals surface area contributed by atoms with Gasteiger partial charge in [0.1, 0.15) is 6.54 Å². The Morgan fingerprint density at radius 1 is 1.12 bits per heavy atom. The van der Waals surface area contributed by atoms with Crippen LogP contribution in [0.15, 0.2) is 29.4 Å². The van der Waals surface area contributed by atoms with Crippen molar-refractivity contribution in [2.75, 3.05) is 32.7 Å². The number of fused-ring (bicyclic) bond motifs is 1. The summed E-state index contributed by atoms with van der Waals surface area (Å²) in [7, 11) is 0. The fraction of sp³-hybridized carbons (Fsp3) is 0.611. The maximum atomic E-state index is 4.63. The fourth-order valence-electron chi connectivity index (χ4n) is 2.70. The molecule has 25 heavy (non-hydrogen) atoms. The van der Waals surface area contributed by atoms with Gasteiger partial charge in [-0.1, -0.05) is 19.9 Å². The number of rotatable bonds is 10. The monoisotopic (exact) mass is 345 g/mol. The molecule has 0 spiro atoms. The molecule has 138 valence electrons. The molecule has 0 aliphatic rings. The third-order valence-corrected chi connectivity index (χ3v) is 4.20. The summed E-state index contributed by atoms with van der Waals surface area (Å²) < 4.78 is 1.97. The van der Waals surface area contributed by atoms with Crippen LogP contribution in [-0.4, -0.2) is 58.2 Å². The molecule has 0 fully saturated rings. The SMILES string of the molecule is CCNC(=NCc1nnc2ccccn12)NCCCCN(CC)CC. The summed E-state index contributed by atoms with van der Waals surface area (Å²) in [5, 5.41) is 15.1. The van der Waals surface area contributed by atoms with Gasteiger partial charge in [0.2, 0.25) is 0 Å². The Hall–Kier alpha value is -2.15. The van der Waals surface area contributed by atoms with Gasteiger partial charge < -0.3 is 15.5 Å². The molecule has 7 nitrogen and oxygen atoms in total. The van der Waals surface area contributed by atoms with Crippen molar-refractivity contribution in [3.05, 3.63) is 30.2 Å². The molecule has 7 heteroatoms. The van der Waals surface area contributed by atoms with E-state index in [9.17, 15) is 0 Å². The Morgan fingerprint density at radius 2 is 1.96 bits per heavy atom. The second-order valence-electron chi connectivity index (χ2n) is 5.90. The first-order chi connectivity index (χ1) is 12.3. The molecule has 0 bridgehead atoms. The lowest BCUT2D eigenvalue weighted by Crippen LogP contribution is -2.38. The van der Waals surface area contributed by atoms with Crippen molar-refractivity contribution in [1.82, 2.24) is 30.1 Å². The van der Waals surface area contributed by atoms with Gasteiger partial charge in [-0.2, -0.15) is 0 Å². The maximum Gasteiger partial charge on any atom is 0.191 e. The summed E-state index contributed by atoms with van der Waals surface area (Å²) in [4.78, 5) is 7.09. The number of nitrogens with zero attached hydrogens (tertiary/aromatic N) is 5. The average molecular weight is 345 g/mol. The molecular formula is C18H31N7. The highest BCUT2D eigenvalue weighted by molar-refractivity contribution is 5.79. The van der Waals surface area contributed by atoms with Gasteiger partial charge >= 0.3 is 0 Å². The minimum Gasteiger partial charge on any atom is -0.357 e. The first-order valence-corrected chi connectivity index (χ1v) is 9.31. The number of guanidine groups is 1. The van der Waals surface area contributed by atoms with Crippen LogP contribution in [-0.2, 0) is 6.54 Å². The van der Waals surface area contributed by atoms with Crippen LogP contribution in [0.4, 0.5) is 0 Å². The third-order valence-electron chi connectivity index (χ3n) is 4.20. The van der Waals surface area contributed by atoms with Crippen LogP contribution in [0, 0.1) is 0 Å². The Balaban J connectivity index is 1.82. The Kier molecular flexibility index (Phi) is 8.18.